The smallest absolute Gasteiger partial charge is 0.0551 e. The molecule has 0 bridgehead atoms. The van der Waals surface area contributed by atoms with E-state index in [0.29, 0.717) is 0 Å². The molecular formula is C17H18ClN. The maximum Gasteiger partial charge on any atom is 0.0551 e. The number of hydrogen-bond donors (Lipinski definition) is 1. The maximum atomic E-state index is 6.39. The molecule has 0 radical (unpaired) electrons. The Labute approximate surface area is 119 Å². The molecule has 2 aromatic rings. The largest absolute Gasteiger partial charge is 0.320 e. The topological polar surface area (TPSA) is 26.0 Å². The van der Waals surface area contributed by atoms with Gasteiger partial charge in [-0.3, -0.25) is 0 Å². The Bertz CT molecular complexity index is 619. The Balaban J connectivity index is 1.94. The maximum absolute atomic E-state index is 6.39. The van der Waals surface area contributed by atoms with E-state index in [-0.39, 0.29) is 6.04 Å². The van der Waals surface area contributed by atoms with E-state index in [4.69, 9.17) is 17.3 Å². The van der Waals surface area contributed by atoms with Crippen LogP contribution in [0.3, 0.4) is 0 Å². The molecule has 0 saturated heterocycles. The van der Waals surface area contributed by atoms with Crippen molar-refractivity contribution in [3.63, 3.8) is 0 Å². The van der Waals surface area contributed by atoms with Crippen LogP contribution in [-0.4, -0.2) is 0 Å². The molecule has 0 aliphatic heterocycles. The van der Waals surface area contributed by atoms with Gasteiger partial charge in [0.15, 0.2) is 0 Å². The lowest BCUT2D eigenvalue weighted by Gasteiger charge is -2.15. The number of benzene rings is 2. The number of aryl methyl sites for hydroxylation is 3. The highest BCUT2D eigenvalue weighted by molar-refractivity contribution is 6.31. The summed E-state index contributed by atoms with van der Waals surface area (Å²) in [5, 5.41) is 0.796. The molecule has 2 aromatic carbocycles. The predicted molar refractivity (Wildman–Crippen MR) is 80.7 cm³/mol. The zero-order valence-electron chi connectivity index (χ0n) is 11.1. The van der Waals surface area contributed by atoms with Crippen molar-refractivity contribution >= 4 is 11.6 Å². The second kappa shape index (κ2) is 4.99. The van der Waals surface area contributed by atoms with Crippen LogP contribution in [0.2, 0.25) is 5.02 Å². The van der Waals surface area contributed by atoms with Gasteiger partial charge in [-0.1, -0.05) is 41.9 Å². The molecule has 0 heterocycles. The van der Waals surface area contributed by atoms with Gasteiger partial charge in [-0.2, -0.15) is 0 Å². The molecule has 1 nitrogen and oxygen atoms in total. The zero-order chi connectivity index (χ0) is 13.4. The molecule has 1 aliphatic rings. The normalized spacial score (nSPS) is 15.3. The van der Waals surface area contributed by atoms with Crippen LogP contribution >= 0.6 is 11.6 Å². The molecule has 0 saturated carbocycles. The molecule has 0 aromatic heterocycles. The SMILES string of the molecule is Cc1cc(C(N)c2ccc3c(c2)CCC3)ccc1Cl. The molecule has 2 N–H and O–H groups in total. The van der Waals surface area contributed by atoms with Gasteiger partial charge >= 0.3 is 0 Å². The van der Waals surface area contributed by atoms with E-state index in [1.165, 1.54) is 36.0 Å². The van der Waals surface area contributed by atoms with Gasteiger partial charge in [0.05, 0.1) is 6.04 Å². The van der Waals surface area contributed by atoms with Gasteiger partial charge in [-0.15, -0.1) is 0 Å². The number of fused-ring (bicyclic) bond motifs is 1. The summed E-state index contributed by atoms with van der Waals surface area (Å²) in [4.78, 5) is 0. The van der Waals surface area contributed by atoms with Gasteiger partial charge in [0.25, 0.3) is 0 Å². The highest BCUT2D eigenvalue weighted by Crippen LogP contribution is 2.28. The van der Waals surface area contributed by atoms with E-state index < -0.39 is 0 Å². The third kappa shape index (κ3) is 2.41. The van der Waals surface area contributed by atoms with Crippen molar-refractivity contribution in [1.29, 1.82) is 0 Å². The van der Waals surface area contributed by atoms with Crippen LogP contribution < -0.4 is 5.73 Å². The van der Waals surface area contributed by atoms with Crippen LogP contribution in [0.1, 0.15) is 40.3 Å². The Morgan fingerprint density at radius 3 is 2.47 bits per heavy atom. The second-order valence-electron chi connectivity index (χ2n) is 5.37. The summed E-state index contributed by atoms with van der Waals surface area (Å²) in [6.07, 6.45) is 3.68. The molecular weight excluding hydrogens is 254 g/mol. The van der Waals surface area contributed by atoms with Crippen molar-refractivity contribution in [3.8, 4) is 0 Å². The van der Waals surface area contributed by atoms with Crippen LogP contribution in [0.25, 0.3) is 0 Å². The van der Waals surface area contributed by atoms with Gasteiger partial charge < -0.3 is 5.73 Å². The average Bonchev–Trinajstić information content (AvgIpc) is 2.88. The van der Waals surface area contributed by atoms with E-state index in [1.807, 2.05) is 19.1 Å². The lowest BCUT2D eigenvalue weighted by atomic mass is 9.95. The minimum absolute atomic E-state index is 0.0677. The molecule has 19 heavy (non-hydrogen) atoms. The monoisotopic (exact) mass is 271 g/mol. The first-order valence-electron chi connectivity index (χ1n) is 6.78. The molecule has 0 amide bonds. The van der Waals surface area contributed by atoms with Gasteiger partial charge in [0.2, 0.25) is 0 Å². The minimum atomic E-state index is -0.0677. The first-order chi connectivity index (χ1) is 9.15. The Morgan fingerprint density at radius 1 is 1.00 bits per heavy atom. The van der Waals surface area contributed by atoms with Crippen molar-refractivity contribution in [2.75, 3.05) is 0 Å². The van der Waals surface area contributed by atoms with Crippen molar-refractivity contribution in [2.24, 2.45) is 5.73 Å². The van der Waals surface area contributed by atoms with Crippen molar-refractivity contribution in [3.05, 3.63) is 69.2 Å². The standard InChI is InChI=1S/C17H18ClN/c1-11-9-14(7-8-16(11)18)17(19)15-6-5-12-3-2-4-13(12)10-15/h5-10,17H,2-4,19H2,1H3. The predicted octanol–water partition coefficient (Wildman–Crippen LogP) is 4.19. The summed E-state index contributed by atoms with van der Waals surface area (Å²) in [5.74, 6) is 0. The molecule has 1 aliphatic carbocycles. The Morgan fingerprint density at radius 2 is 1.68 bits per heavy atom. The summed E-state index contributed by atoms with van der Waals surface area (Å²) in [7, 11) is 0. The number of hydrogen-bond acceptors (Lipinski definition) is 1. The summed E-state index contributed by atoms with van der Waals surface area (Å²) in [5.41, 5.74) is 12.7. The first kappa shape index (κ1) is 12.7. The lowest BCUT2D eigenvalue weighted by Crippen LogP contribution is -2.12. The van der Waals surface area contributed by atoms with Crippen molar-refractivity contribution in [2.45, 2.75) is 32.2 Å². The summed E-state index contributed by atoms with van der Waals surface area (Å²) < 4.78 is 0. The molecule has 0 spiro atoms. The zero-order valence-corrected chi connectivity index (χ0v) is 11.9. The summed E-state index contributed by atoms with van der Waals surface area (Å²) in [6.45, 7) is 2.02. The second-order valence-corrected chi connectivity index (χ2v) is 5.78. The molecule has 0 fully saturated rings. The average molecular weight is 272 g/mol. The first-order valence-corrected chi connectivity index (χ1v) is 7.16. The fraction of sp³-hybridized carbons (Fsp3) is 0.294. The molecule has 1 unspecified atom stereocenters. The number of halogens is 1. The third-order valence-electron chi connectivity index (χ3n) is 4.02. The number of nitrogens with two attached hydrogens (primary N) is 1. The highest BCUT2D eigenvalue weighted by Gasteiger charge is 2.15. The van der Waals surface area contributed by atoms with E-state index in [1.54, 1.807) is 0 Å². The van der Waals surface area contributed by atoms with Gasteiger partial charge in [-0.05, 0) is 60.1 Å². The quantitative estimate of drug-likeness (QED) is 0.871. The molecule has 98 valence electrons. The van der Waals surface area contributed by atoms with Crippen LogP contribution in [0.15, 0.2) is 36.4 Å². The van der Waals surface area contributed by atoms with E-state index >= 15 is 0 Å². The molecule has 2 heteroatoms. The summed E-state index contributed by atoms with van der Waals surface area (Å²) in [6, 6.07) is 12.6. The molecule has 3 rings (SSSR count). The van der Waals surface area contributed by atoms with Crippen LogP contribution in [0.5, 0.6) is 0 Å². The van der Waals surface area contributed by atoms with Gasteiger partial charge in [0.1, 0.15) is 0 Å². The van der Waals surface area contributed by atoms with Crippen LogP contribution in [-0.2, 0) is 12.8 Å². The van der Waals surface area contributed by atoms with E-state index in [0.717, 1.165) is 16.1 Å². The van der Waals surface area contributed by atoms with Crippen molar-refractivity contribution in [1.82, 2.24) is 0 Å². The van der Waals surface area contributed by atoms with Crippen LogP contribution in [0, 0.1) is 6.92 Å². The lowest BCUT2D eigenvalue weighted by molar-refractivity contribution is 0.865. The van der Waals surface area contributed by atoms with Gasteiger partial charge in [0, 0.05) is 5.02 Å². The molecule has 1 atom stereocenters. The van der Waals surface area contributed by atoms with Gasteiger partial charge in [-0.25, -0.2) is 0 Å². The summed E-state index contributed by atoms with van der Waals surface area (Å²) >= 11 is 6.07. The fourth-order valence-electron chi connectivity index (χ4n) is 2.84. The van der Waals surface area contributed by atoms with Crippen LogP contribution in [0.4, 0.5) is 0 Å². The minimum Gasteiger partial charge on any atom is -0.320 e. The van der Waals surface area contributed by atoms with Crippen molar-refractivity contribution < 1.29 is 0 Å². The van der Waals surface area contributed by atoms with E-state index in [2.05, 4.69) is 24.3 Å². The third-order valence-corrected chi connectivity index (χ3v) is 4.45. The number of rotatable bonds is 2. The Kier molecular flexibility index (Phi) is 3.34. The van der Waals surface area contributed by atoms with E-state index in [9.17, 15) is 0 Å². The highest BCUT2D eigenvalue weighted by atomic mass is 35.5. The fourth-order valence-corrected chi connectivity index (χ4v) is 2.96. The Hall–Kier alpha value is -1.31.